The molecule has 2 aliphatic rings. The molecule has 92 valence electrons. The van der Waals surface area contributed by atoms with Crippen LogP contribution < -0.4 is 0 Å². The van der Waals surface area contributed by atoms with Gasteiger partial charge in [0.2, 0.25) is 0 Å². The largest absolute Gasteiger partial charge is 0.391 e. The van der Waals surface area contributed by atoms with E-state index in [0.29, 0.717) is 5.92 Å². The van der Waals surface area contributed by atoms with Crippen LogP contribution in [0.2, 0.25) is 0 Å². The van der Waals surface area contributed by atoms with Crippen molar-refractivity contribution >= 4 is 0 Å². The van der Waals surface area contributed by atoms with Crippen LogP contribution in [0.4, 0.5) is 0 Å². The Kier molecular flexibility index (Phi) is 3.41. The van der Waals surface area contributed by atoms with Gasteiger partial charge in [-0.1, -0.05) is 12.2 Å². The maximum atomic E-state index is 10.4. The molecule has 0 spiro atoms. The molecule has 2 rings (SSSR count). The van der Waals surface area contributed by atoms with E-state index in [1.165, 1.54) is 37.9 Å². The van der Waals surface area contributed by atoms with E-state index in [1.54, 1.807) is 0 Å². The molecule has 0 aromatic heterocycles. The molecule has 1 saturated carbocycles. The SMILES string of the molecule is C=C(C)C1CCC(C)(N2CCCC2)C(O)C1. The summed E-state index contributed by atoms with van der Waals surface area (Å²) in [6.07, 6.45) is 5.63. The van der Waals surface area contributed by atoms with Gasteiger partial charge in [0.05, 0.1) is 6.10 Å². The average Bonchev–Trinajstić information content (AvgIpc) is 2.75. The van der Waals surface area contributed by atoms with Crippen molar-refractivity contribution in [3.8, 4) is 0 Å². The van der Waals surface area contributed by atoms with Crippen molar-refractivity contribution in [2.24, 2.45) is 5.92 Å². The van der Waals surface area contributed by atoms with Crippen molar-refractivity contribution in [2.75, 3.05) is 13.1 Å². The molecule has 1 N–H and O–H groups in total. The number of aliphatic hydroxyl groups is 1. The third kappa shape index (κ3) is 2.05. The second-order valence-electron chi connectivity index (χ2n) is 5.88. The van der Waals surface area contributed by atoms with Crippen LogP contribution in [0.5, 0.6) is 0 Å². The second kappa shape index (κ2) is 4.50. The van der Waals surface area contributed by atoms with E-state index in [2.05, 4.69) is 25.3 Å². The minimum absolute atomic E-state index is 0.0302. The van der Waals surface area contributed by atoms with Crippen LogP contribution in [0, 0.1) is 5.92 Å². The number of hydrogen-bond donors (Lipinski definition) is 1. The van der Waals surface area contributed by atoms with Crippen LogP contribution in [0.3, 0.4) is 0 Å². The topological polar surface area (TPSA) is 23.5 Å². The zero-order chi connectivity index (χ0) is 11.8. The van der Waals surface area contributed by atoms with E-state index in [1.807, 2.05) is 0 Å². The molecule has 1 heterocycles. The summed E-state index contributed by atoms with van der Waals surface area (Å²) < 4.78 is 0. The molecule has 2 fully saturated rings. The van der Waals surface area contributed by atoms with Crippen LogP contribution in [-0.2, 0) is 0 Å². The van der Waals surface area contributed by atoms with Gasteiger partial charge in [-0.3, -0.25) is 4.90 Å². The minimum atomic E-state index is -0.180. The zero-order valence-corrected chi connectivity index (χ0v) is 10.7. The Morgan fingerprint density at radius 1 is 1.38 bits per heavy atom. The van der Waals surface area contributed by atoms with Gasteiger partial charge in [-0.15, -0.1) is 0 Å². The monoisotopic (exact) mass is 223 g/mol. The highest BCUT2D eigenvalue weighted by Gasteiger charge is 2.43. The highest BCUT2D eigenvalue weighted by molar-refractivity contribution is 5.06. The van der Waals surface area contributed by atoms with E-state index < -0.39 is 0 Å². The maximum absolute atomic E-state index is 10.4. The van der Waals surface area contributed by atoms with E-state index in [9.17, 15) is 5.11 Å². The van der Waals surface area contributed by atoms with Crippen molar-refractivity contribution < 1.29 is 5.11 Å². The predicted molar refractivity (Wildman–Crippen MR) is 67.4 cm³/mol. The summed E-state index contributed by atoms with van der Waals surface area (Å²) in [5.74, 6) is 0.533. The van der Waals surface area contributed by atoms with Gasteiger partial charge in [-0.2, -0.15) is 0 Å². The molecule has 0 bridgehead atoms. The third-order valence-electron chi connectivity index (χ3n) is 4.75. The zero-order valence-electron chi connectivity index (χ0n) is 10.7. The second-order valence-corrected chi connectivity index (χ2v) is 5.88. The van der Waals surface area contributed by atoms with Gasteiger partial charge >= 0.3 is 0 Å². The molecule has 0 amide bonds. The number of aliphatic hydroxyl groups excluding tert-OH is 1. The van der Waals surface area contributed by atoms with Gasteiger partial charge in [-0.05, 0) is 65.0 Å². The Bertz CT molecular complexity index is 270. The molecule has 0 aromatic rings. The van der Waals surface area contributed by atoms with Crippen LogP contribution in [-0.4, -0.2) is 34.7 Å². The summed E-state index contributed by atoms with van der Waals surface area (Å²) in [4.78, 5) is 2.51. The van der Waals surface area contributed by atoms with E-state index >= 15 is 0 Å². The number of allylic oxidation sites excluding steroid dienone is 1. The fourth-order valence-electron chi connectivity index (χ4n) is 3.32. The lowest BCUT2D eigenvalue weighted by Crippen LogP contribution is -2.56. The van der Waals surface area contributed by atoms with E-state index in [4.69, 9.17) is 0 Å². The van der Waals surface area contributed by atoms with Crippen molar-refractivity contribution in [1.82, 2.24) is 4.90 Å². The number of hydrogen-bond acceptors (Lipinski definition) is 2. The van der Waals surface area contributed by atoms with Gasteiger partial charge in [0.25, 0.3) is 0 Å². The lowest BCUT2D eigenvalue weighted by Gasteiger charge is -2.47. The molecule has 0 radical (unpaired) electrons. The lowest BCUT2D eigenvalue weighted by molar-refractivity contribution is -0.0485. The highest BCUT2D eigenvalue weighted by Crippen LogP contribution is 2.40. The third-order valence-corrected chi connectivity index (χ3v) is 4.75. The van der Waals surface area contributed by atoms with Gasteiger partial charge in [0.15, 0.2) is 0 Å². The molecular formula is C14H25NO. The van der Waals surface area contributed by atoms with Crippen LogP contribution >= 0.6 is 0 Å². The van der Waals surface area contributed by atoms with Crippen molar-refractivity contribution in [3.63, 3.8) is 0 Å². The van der Waals surface area contributed by atoms with Crippen LogP contribution in [0.15, 0.2) is 12.2 Å². The molecule has 2 heteroatoms. The molecule has 16 heavy (non-hydrogen) atoms. The van der Waals surface area contributed by atoms with Gasteiger partial charge in [-0.25, -0.2) is 0 Å². The Labute approximate surface area is 99.3 Å². The maximum Gasteiger partial charge on any atom is 0.0726 e. The molecule has 1 aliphatic heterocycles. The Hall–Kier alpha value is -0.340. The Morgan fingerprint density at radius 3 is 2.50 bits per heavy atom. The molecule has 0 aromatic carbocycles. The summed E-state index contributed by atoms with van der Waals surface area (Å²) in [7, 11) is 0. The van der Waals surface area contributed by atoms with Crippen LogP contribution in [0.25, 0.3) is 0 Å². The fourth-order valence-corrected chi connectivity index (χ4v) is 3.32. The summed E-state index contributed by atoms with van der Waals surface area (Å²) >= 11 is 0. The van der Waals surface area contributed by atoms with E-state index in [-0.39, 0.29) is 11.6 Å². The first kappa shape index (κ1) is 12.1. The first-order chi connectivity index (χ1) is 7.54. The highest BCUT2D eigenvalue weighted by atomic mass is 16.3. The molecule has 2 nitrogen and oxygen atoms in total. The first-order valence-electron chi connectivity index (χ1n) is 6.62. The number of rotatable bonds is 2. The molecule has 3 atom stereocenters. The summed E-state index contributed by atoms with van der Waals surface area (Å²) in [6, 6.07) is 0. The van der Waals surface area contributed by atoms with E-state index in [0.717, 1.165) is 12.8 Å². The van der Waals surface area contributed by atoms with Gasteiger partial charge in [0.1, 0.15) is 0 Å². The predicted octanol–water partition coefficient (Wildman–Crippen LogP) is 2.58. The summed E-state index contributed by atoms with van der Waals surface area (Å²) in [5, 5.41) is 10.4. The normalized spacial score (nSPS) is 41.2. The van der Waals surface area contributed by atoms with Gasteiger partial charge < -0.3 is 5.11 Å². The number of likely N-dealkylation sites (tertiary alicyclic amines) is 1. The van der Waals surface area contributed by atoms with Crippen molar-refractivity contribution in [3.05, 3.63) is 12.2 Å². The quantitative estimate of drug-likeness (QED) is 0.727. The molecule has 1 saturated heterocycles. The lowest BCUT2D eigenvalue weighted by atomic mass is 9.72. The summed E-state index contributed by atoms with van der Waals surface area (Å²) in [5.41, 5.74) is 1.27. The standard InChI is InChI=1S/C14H25NO/c1-11(2)12-6-7-14(3,13(16)10-12)15-8-4-5-9-15/h12-13,16H,1,4-10H2,2-3H3. The first-order valence-corrected chi connectivity index (χ1v) is 6.62. The smallest absolute Gasteiger partial charge is 0.0726 e. The average molecular weight is 223 g/mol. The molecular weight excluding hydrogens is 198 g/mol. The number of nitrogens with zero attached hydrogens (tertiary/aromatic N) is 1. The van der Waals surface area contributed by atoms with Gasteiger partial charge in [0, 0.05) is 5.54 Å². The summed E-state index contributed by atoms with van der Waals surface area (Å²) in [6.45, 7) is 10.7. The molecule has 3 unspecified atom stereocenters. The Balaban J connectivity index is 2.04. The van der Waals surface area contributed by atoms with Crippen molar-refractivity contribution in [2.45, 2.75) is 57.6 Å². The fraction of sp³-hybridized carbons (Fsp3) is 0.857. The molecule has 1 aliphatic carbocycles. The van der Waals surface area contributed by atoms with Crippen molar-refractivity contribution in [1.29, 1.82) is 0 Å². The minimum Gasteiger partial charge on any atom is -0.391 e. The Morgan fingerprint density at radius 2 is 2.00 bits per heavy atom. The van der Waals surface area contributed by atoms with Crippen LogP contribution in [0.1, 0.15) is 46.0 Å².